The Morgan fingerprint density at radius 3 is 2.50 bits per heavy atom. The zero-order chi connectivity index (χ0) is 19.0. The fourth-order valence-corrected chi connectivity index (χ4v) is 2.95. The van der Waals surface area contributed by atoms with Crippen molar-refractivity contribution in [2.45, 2.75) is 0 Å². The van der Waals surface area contributed by atoms with Crippen molar-refractivity contribution in [3.63, 3.8) is 0 Å². The van der Waals surface area contributed by atoms with Crippen molar-refractivity contribution in [2.75, 3.05) is 4.90 Å². The van der Waals surface area contributed by atoms with E-state index in [-0.39, 0.29) is 15.7 Å². The normalized spacial score (nSPS) is 15.5. The van der Waals surface area contributed by atoms with Crippen molar-refractivity contribution in [3.8, 4) is 5.75 Å². The van der Waals surface area contributed by atoms with E-state index in [1.54, 1.807) is 12.1 Å². The monoisotopic (exact) mass is 437 g/mol. The minimum atomic E-state index is -0.753. The number of nitrogens with zero attached hydrogens (tertiary/aromatic N) is 2. The predicted molar refractivity (Wildman–Crippen MR) is 97.9 cm³/mol. The first-order valence-corrected chi connectivity index (χ1v) is 8.24. The Labute approximate surface area is 160 Å². The number of anilines is 1. The number of halogens is 2. The van der Waals surface area contributed by atoms with Gasteiger partial charge in [-0.2, -0.15) is 0 Å². The summed E-state index contributed by atoms with van der Waals surface area (Å²) in [6.45, 7) is 0. The number of carbonyl (C=O) groups excluding carboxylic acids is 2. The molecule has 1 aliphatic rings. The summed E-state index contributed by atoms with van der Waals surface area (Å²) < 4.78 is 0.0879. The molecule has 0 saturated carbocycles. The minimum Gasteiger partial charge on any atom is -0.501 e. The van der Waals surface area contributed by atoms with E-state index in [1.807, 2.05) is 0 Å². The quantitative estimate of drug-likeness (QED) is 0.327. The van der Waals surface area contributed by atoms with Gasteiger partial charge in [0, 0.05) is 11.1 Å². The molecule has 26 heavy (non-hydrogen) atoms. The number of phenolic OH excluding ortho intramolecular Hbond substituents is 1. The third kappa shape index (κ3) is 3.26. The number of phenols is 1. The molecular formula is C16H9BrClN3O5. The average Bonchev–Trinajstić information content (AvgIpc) is 2.85. The molecular weight excluding hydrogens is 430 g/mol. The number of nitrogens with one attached hydrogen (secondary N) is 1. The molecule has 0 bridgehead atoms. The highest BCUT2D eigenvalue weighted by Gasteiger charge is 2.35. The molecule has 1 saturated heterocycles. The molecule has 0 aromatic heterocycles. The number of urea groups is 1. The van der Waals surface area contributed by atoms with Crippen molar-refractivity contribution >= 4 is 56.9 Å². The van der Waals surface area contributed by atoms with Gasteiger partial charge in [-0.1, -0.05) is 11.6 Å². The van der Waals surface area contributed by atoms with Crippen LogP contribution in [0.15, 0.2) is 46.6 Å². The molecule has 0 atom stereocenters. The number of nitro benzene ring substituents is 1. The second-order valence-corrected chi connectivity index (χ2v) is 6.52. The highest BCUT2D eigenvalue weighted by molar-refractivity contribution is 9.10. The van der Waals surface area contributed by atoms with E-state index in [4.69, 9.17) is 11.6 Å². The molecule has 0 unspecified atom stereocenters. The Bertz CT molecular complexity index is 975. The maximum absolute atomic E-state index is 12.5. The highest BCUT2D eigenvalue weighted by atomic mass is 79.9. The number of benzene rings is 2. The van der Waals surface area contributed by atoms with Crippen molar-refractivity contribution in [1.29, 1.82) is 0 Å². The summed E-state index contributed by atoms with van der Waals surface area (Å²) in [6, 6.07) is 7.95. The minimum absolute atomic E-state index is 0.0585. The lowest BCUT2D eigenvalue weighted by molar-refractivity contribution is -0.386. The van der Waals surface area contributed by atoms with Crippen LogP contribution in [-0.2, 0) is 4.79 Å². The molecule has 0 aliphatic carbocycles. The SMILES string of the molecule is O=C1NC(=Cc2cc(Br)c(O)c([N+](=O)[O-])c2)C(=O)N1c1ccc(Cl)cc1. The zero-order valence-electron chi connectivity index (χ0n) is 12.8. The molecule has 8 nitrogen and oxygen atoms in total. The lowest BCUT2D eigenvalue weighted by Crippen LogP contribution is -2.30. The van der Waals surface area contributed by atoms with Crippen LogP contribution in [0.25, 0.3) is 6.08 Å². The molecule has 0 radical (unpaired) electrons. The Balaban J connectivity index is 1.98. The molecule has 2 aromatic rings. The van der Waals surface area contributed by atoms with E-state index in [9.17, 15) is 24.8 Å². The number of rotatable bonds is 3. The first-order chi connectivity index (χ1) is 12.3. The summed E-state index contributed by atoms with van der Waals surface area (Å²) in [5.41, 5.74) is -0.00413. The zero-order valence-corrected chi connectivity index (χ0v) is 15.1. The topological polar surface area (TPSA) is 113 Å². The van der Waals surface area contributed by atoms with Gasteiger partial charge in [-0.15, -0.1) is 0 Å². The number of nitro groups is 1. The summed E-state index contributed by atoms with van der Waals surface area (Å²) in [6.07, 6.45) is 1.29. The third-order valence-electron chi connectivity index (χ3n) is 3.54. The standard InChI is InChI=1S/C16H9BrClN3O5/c17-11-5-8(7-13(14(11)22)21(25)26)6-12-15(23)20(16(24)19-12)10-3-1-9(18)2-4-10/h1-7,22H,(H,19,24). The Morgan fingerprint density at radius 2 is 1.88 bits per heavy atom. The van der Waals surface area contributed by atoms with Gasteiger partial charge in [-0.05, 0) is 57.9 Å². The molecule has 3 rings (SSSR count). The van der Waals surface area contributed by atoms with Gasteiger partial charge in [-0.3, -0.25) is 14.9 Å². The molecule has 1 aliphatic heterocycles. The van der Waals surface area contributed by atoms with Crippen LogP contribution in [0, 0.1) is 10.1 Å². The summed E-state index contributed by atoms with van der Waals surface area (Å²) in [7, 11) is 0. The average molecular weight is 439 g/mol. The van der Waals surface area contributed by atoms with E-state index in [0.29, 0.717) is 10.7 Å². The van der Waals surface area contributed by atoms with Gasteiger partial charge in [0.25, 0.3) is 5.91 Å². The number of hydrogen-bond acceptors (Lipinski definition) is 5. The van der Waals surface area contributed by atoms with E-state index < -0.39 is 28.3 Å². The van der Waals surface area contributed by atoms with E-state index in [0.717, 1.165) is 11.0 Å². The maximum Gasteiger partial charge on any atom is 0.333 e. The number of hydrogen-bond donors (Lipinski definition) is 2. The van der Waals surface area contributed by atoms with Crippen LogP contribution in [0.5, 0.6) is 5.75 Å². The molecule has 10 heteroatoms. The van der Waals surface area contributed by atoms with Gasteiger partial charge < -0.3 is 10.4 Å². The third-order valence-corrected chi connectivity index (χ3v) is 4.39. The summed E-state index contributed by atoms with van der Waals surface area (Å²) in [5.74, 6) is -1.15. The molecule has 2 aromatic carbocycles. The van der Waals surface area contributed by atoms with Crippen LogP contribution >= 0.6 is 27.5 Å². The van der Waals surface area contributed by atoms with Gasteiger partial charge >= 0.3 is 11.7 Å². The first-order valence-electron chi connectivity index (χ1n) is 7.07. The number of aromatic hydroxyl groups is 1. The van der Waals surface area contributed by atoms with Crippen LogP contribution in [0.1, 0.15) is 5.56 Å². The fourth-order valence-electron chi connectivity index (χ4n) is 2.35. The lowest BCUT2D eigenvalue weighted by atomic mass is 10.1. The highest BCUT2D eigenvalue weighted by Crippen LogP contribution is 2.36. The van der Waals surface area contributed by atoms with Crippen LogP contribution in [0.4, 0.5) is 16.2 Å². The van der Waals surface area contributed by atoms with E-state index in [2.05, 4.69) is 21.2 Å². The smallest absolute Gasteiger partial charge is 0.333 e. The predicted octanol–water partition coefficient (Wildman–Crippen LogP) is 3.81. The molecule has 1 fully saturated rings. The summed E-state index contributed by atoms with van der Waals surface area (Å²) >= 11 is 8.82. The van der Waals surface area contributed by atoms with Crippen molar-refractivity contribution in [2.24, 2.45) is 0 Å². The van der Waals surface area contributed by atoms with Crippen LogP contribution in [0.2, 0.25) is 5.02 Å². The Kier molecular flexibility index (Phi) is 4.66. The molecule has 132 valence electrons. The summed E-state index contributed by atoms with van der Waals surface area (Å²) in [4.78, 5) is 35.8. The number of carbonyl (C=O) groups is 2. The maximum atomic E-state index is 12.5. The first kappa shape index (κ1) is 17.9. The Morgan fingerprint density at radius 1 is 1.23 bits per heavy atom. The summed E-state index contributed by atoms with van der Waals surface area (Å²) in [5, 5.41) is 23.6. The second kappa shape index (κ2) is 6.77. The molecule has 1 heterocycles. The number of amides is 3. The molecule has 3 amide bonds. The van der Waals surface area contributed by atoms with Gasteiger partial charge in [0.05, 0.1) is 15.1 Å². The largest absolute Gasteiger partial charge is 0.501 e. The van der Waals surface area contributed by atoms with Crippen molar-refractivity contribution in [1.82, 2.24) is 5.32 Å². The van der Waals surface area contributed by atoms with Crippen LogP contribution in [0.3, 0.4) is 0 Å². The second-order valence-electron chi connectivity index (χ2n) is 5.23. The van der Waals surface area contributed by atoms with Gasteiger partial charge in [0.15, 0.2) is 0 Å². The van der Waals surface area contributed by atoms with Crippen LogP contribution < -0.4 is 10.2 Å². The molecule has 2 N–H and O–H groups in total. The van der Waals surface area contributed by atoms with Gasteiger partial charge in [0.2, 0.25) is 5.75 Å². The van der Waals surface area contributed by atoms with Crippen molar-refractivity contribution in [3.05, 3.63) is 67.3 Å². The van der Waals surface area contributed by atoms with Gasteiger partial charge in [-0.25, -0.2) is 9.69 Å². The van der Waals surface area contributed by atoms with E-state index in [1.165, 1.54) is 24.3 Å². The fraction of sp³-hybridized carbons (Fsp3) is 0. The van der Waals surface area contributed by atoms with Crippen molar-refractivity contribution < 1.29 is 19.6 Å². The van der Waals surface area contributed by atoms with E-state index >= 15 is 0 Å². The number of imide groups is 1. The molecule has 0 spiro atoms. The van der Waals surface area contributed by atoms with Gasteiger partial charge in [0.1, 0.15) is 5.70 Å². The van der Waals surface area contributed by atoms with Crippen LogP contribution in [-0.4, -0.2) is 22.0 Å². The lowest BCUT2D eigenvalue weighted by Gasteiger charge is -2.11. The Hall–Kier alpha value is -2.91.